The molecule has 0 radical (unpaired) electrons. The molecule has 1 fully saturated rings. The first-order valence-electron chi connectivity index (χ1n) is 6.41. The maximum atomic E-state index is 12.4. The average molecular weight is 305 g/mol. The zero-order valence-corrected chi connectivity index (χ0v) is 11.7. The van der Waals surface area contributed by atoms with Gasteiger partial charge in [0.2, 0.25) is 9.84 Å². The molecule has 7 heteroatoms. The minimum Gasteiger partial charge on any atom is -0.395 e. The summed E-state index contributed by atoms with van der Waals surface area (Å²) in [6, 6.07) is 5.63. The summed E-state index contributed by atoms with van der Waals surface area (Å²) in [6.07, 6.45) is 1.96. The van der Waals surface area contributed by atoms with Crippen LogP contribution in [-0.4, -0.2) is 43.4 Å². The Morgan fingerprint density at radius 1 is 1.30 bits per heavy atom. The molecule has 0 aliphatic carbocycles. The van der Waals surface area contributed by atoms with E-state index in [1.54, 1.807) is 12.1 Å². The second-order valence-electron chi connectivity index (χ2n) is 4.90. The molecule has 2 rings (SSSR count). The predicted octanol–water partition coefficient (Wildman–Crippen LogP) is 1.64. The summed E-state index contributed by atoms with van der Waals surface area (Å²) in [5.41, 5.74) is 0.846. The fourth-order valence-electron chi connectivity index (χ4n) is 2.43. The molecule has 0 bridgehead atoms. The summed E-state index contributed by atoms with van der Waals surface area (Å²) in [5.74, 6) is -3.40. The number of benzene rings is 1. The van der Waals surface area contributed by atoms with E-state index >= 15 is 0 Å². The molecule has 1 N–H and O–H groups in total. The highest BCUT2D eigenvalue weighted by Crippen LogP contribution is 2.22. The molecule has 0 saturated carbocycles. The second-order valence-corrected chi connectivity index (χ2v) is 6.82. The Hall–Kier alpha value is -1.05. The molecule has 1 aromatic rings. The van der Waals surface area contributed by atoms with E-state index < -0.39 is 15.6 Å². The number of hydrogen-bond acceptors (Lipinski definition) is 4. The minimum absolute atomic E-state index is 0.0951. The number of rotatable bonds is 5. The summed E-state index contributed by atoms with van der Waals surface area (Å²) in [5, 5.41) is 9.22. The normalized spacial score (nSPS) is 20.7. The van der Waals surface area contributed by atoms with Gasteiger partial charge in [-0.1, -0.05) is 12.1 Å². The van der Waals surface area contributed by atoms with Crippen molar-refractivity contribution in [3.8, 4) is 0 Å². The lowest BCUT2D eigenvalue weighted by Gasteiger charge is -2.22. The van der Waals surface area contributed by atoms with Gasteiger partial charge >= 0.3 is 5.76 Å². The highest BCUT2D eigenvalue weighted by atomic mass is 32.2. The molecule has 1 heterocycles. The van der Waals surface area contributed by atoms with Crippen LogP contribution in [0.4, 0.5) is 8.78 Å². The fourth-order valence-corrected chi connectivity index (χ4v) is 3.15. The number of aliphatic hydroxyl groups excluding tert-OH is 1. The summed E-state index contributed by atoms with van der Waals surface area (Å²) in [7, 11) is -4.52. The first-order chi connectivity index (χ1) is 9.45. The van der Waals surface area contributed by atoms with E-state index in [1.165, 1.54) is 12.1 Å². The third-order valence-electron chi connectivity index (χ3n) is 3.58. The van der Waals surface area contributed by atoms with Gasteiger partial charge in [-0.15, -0.1) is 0 Å². The number of alkyl halides is 2. The Labute approximate surface area is 116 Å². The maximum Gasteiger partial charge on any atom is 0.341 e. The van der Waals surface area contributed by atoms with Crippen molar-refractivity contribution in [1.82, 2.24) is 4.90 Å². The van der Waals surface area contributed by atoms with Crippen LogP contribution in [0.5, 0.6) is 0 Å². The zero-order valence-electron chi connectivity index (χ0n) is 10.9. The largest absolute Gasteiger partial charge is 0.395 e. The smallest absolute Gasteiger partial charge is 0.341 e. The Kier molecular flexibility index (Phi) is 4.72. The third-order valence-corrected chi connectivity index (χ3v) is 4.98. The Bertz CT molecular complexity index is 545. The van der Waals surface area contributed by atoms with Gasteiger partial charge in [0.15, 0.2) is 0 Å². The molecule has 0 unspecified atom stereocenters. The van der Waals surface area contributed by atoms with Crippen molar-refractivity contribution in [1.29, 1.82) is 0 Å². The van der Waals surface area contributed by atoms with Crippen molar-refractivity contribution in [2.75, 3.05) is 13.2 Å². The molecule has 4 nitrogen and oxygen atoms in total. The number of nitrogens with zero attached hydrogens (tertiary/aromatic N) is 1. The summed E-state index contributed by atoms with van der Waals surface area (Å²) in [6.45, 7) is 1.56. The Morgan fingerprint density at radius 2 is 1.95 bits per heavy atom. The molecule has 1 saturated heterocycles. The zero-order chi connectivity index (χ0) is 14.8. The predicted molar refractivity (Wildman–Crippen MR) is 70.1 cm³/mol. The van der Waals surface area contributed by atoms with Gasteiger partial charge in [0.05, 0.1) is 11.5 Å². The quantitative estimate of drug-likeness (QED) is 0.898. The van der Waals surface area contributed by atoms with E-state index in [-0.39, 0.29) is 17.5 Å². The van der Waals surface area contributed by atoms with Crippen LogP contribution in [0.15, 0.2) is 29.2 Å². The standard InChI is InChI=1S/C13H17F2NO3S/c14-13(15)20(18,19)12-5-3-10(4-6-12)8-16-7-1-2-11(16)9-17/h3-6,11,13,17H,1-2,7-9H2/t11-/m1/s1. The number of aliphatic hydroxyl groups is 1. The lowest BCUT2D eigenvalue weighted by atomic mass is 10.2. The van der Waals surface area contributed by atoms with Gasteiger partial charge in [-0.25, -0.2) is 8.42 Å². The van der Waals surface area contributed by atoms with Gasteiger partial charge in [0, 0.05) is 12.6 Å². The van der Waals surface area contributed by atoms with Crippen LogP contribution >= 0.6 is 0 Å². The number of sulfone groups is 1. The molecule has 1 atom stereocenters. The number of hydrogen-bond donors (Lipinski definition) is 1. The Morgan fingerprint density at radius 3 is 2.50 bits per heavy atom. The summed E-state index contributed by atoms with van der Waals surface area (Å²) >= 11 is 0. The molecule has 1 aliphatic heterocycles. The van der Waals surface area contributed by atoms with E-state index in [9.17, 15) is 22.3 Å². The van der Waals surface area contributed by atoms with E-state index in [0.717, 1.165) is 24.9 Å². The van der Waals surface area contributed by atoms with Gasteiger partial charge in [-0.2, -0.15) is 8.78 Å². The third kappa shape index (κ3) is 3.16. The highest BCUT2D eigenvalue weighted by Gasteiger charge is 2.27. The van der Waals surface area contributed by atoms with E-state index in [0.29, 0.717) is 6.54 Å². The lowest BCUT2D eigenvalue weighted by Crippen LogP contribution is -2.31. The number of halogens is 2. The maximum absolute atomic E-state index is 12.4. The average Bonchev–Trinajstić information content (AvgIpc) is 2.86. The summed E-state index contributed by atoms with van der Waals surface area (Å²) in [4.78, 5) is 1.74. The van der Waals surface area contributed by atoms with Crippen molar-refractivity contribution in [2.45, 2.75) is 36.1 Å². The van der Waals surface area contributed by atoms with Gasteiger partial charge < -0.3 is 5.11 Å². The molecule has 112 valence electrons. The van der Waals surface area contributed by atoms with Crippen molar-refractivity contribution < 1.29 is 22.3 Å². The fraction of sp³-hybridized carbons (Fsp3) is 0.538. The van der Waals surface area contributed by atoms with Gasteiger partial charge in [-0.3, -0.25) is 4.90 Å². The SMILES string of the molecule is O=S(=O)(c1ccc(CN2CCC[C@@H]2CO)cc1)C(F)F. The first kappa shape index (κ1) is 15.3. The van der Waals surface area contributed by atoms with Crippen molar-refractivity contribution in [3.05, 3.63) is 29.8 Å². The Balaban J connectivity index is 2.09. The topological polar surface area (TPSA) is 57.6 Å². The molecule has 20 heavy (non-hydrogen) atoms. The van der Waals surface area contributed by atoms with Crippen LogP contribution in [0, 0.1) is 0 Å². The van der Waals surface area contributed by atoms with E-state index in [2.05, 4.69) is 4.90 Å². The van der Waals surface area contributed by atoms with E-state index in [1.807, 2.05) is 0 Å². The highest BCUT2D eigenvalue weighted by molar-refractivity contribution is 7.91. The van der Waals surface area contributed by atoms with Crippen LogP contribution in [0.2, 0.25) is 0 Å². The van der Waals surface area contributed by atoms with Crippen LogP contribution < -0.4 is 0 Å². The number of likely N-dealkylation sites (tertiary alicyclic amines) is 1. The van der Waals surface area contributed by atoms with Gasteiger partial charge in [-0.05, 0) is 37.1 Å². The van der Waals surface area contributed by atoms with Gasteiger partial charge in [0.1, 0.15) is 0 Å². The summed E-state index contributed by atoms with van der Waals surface area (Å²) < 4.78 is 47.4. The van der Waals surface area contributed by atoms with Crippen molar-refractivity contribution in [3.63, 3.8) is 0 Å². The van der Waals surface area contributed by atoms with Crippen molar-refractivity contribution in [2.24, 2.45) is 0 Å². The molecule has 1 aliphatic rings. The monoisotopic (exact) mass is 305 g/mol. The molecular weight excluding hydrogens is 288 g/mol. The minimum atomic E-state index is -4.52. The molecular formula is C13H17F2NO3S. The first-order valence-corrected chi connectivity index (χ1v) is 7.95. The van der Waals surface area contributed by atoms with Crippen molar-refractivity contribution >= 4 is 9.84 Å². The molecule has 0 aromatic heterocycles. The van der Waals surface area contributed by atoms with Gasteiger partial charge in [0.25, 0.3) is 0 Å². The van der Waals surface area contributed by atoms with Crippen LogP contribution in [0.3, 0.4) is 0 Å². The second kappa shape index (κ2) is 6.15. The van der Waals surface area contributed by atoms with Crippen LogP contribution in [-0.2, 0) is 16.4 Å². The lowest BCUT2D eigenvalue weighted by molar-refractivity contribution is 0.153. The molecule has 0 spiro atoms. The van der Waals surface area contributed by atoms with Crippen LogP contribution in [0.25, 0.3) is 0 Å². The molecule has 1 aromatic carbocycles. The van der Waals surface area contributed by atoms with Crippen LogP contribution in [0.1, 0.15) is 18.4 Å². The molecule has 0 amide bonds. The van der Waals surface area contributed by atoms with E-state index in [4.69, 9.17) is 0 Å².